The predicted octanol–water partition coefficient (Wildman–Crippen LogP) is 3.77. The van der Waals surface area contributed by atoms with Crippen LogP contribution in [-0.4, -0.2) is 12.6 Å². The van der Waals surface area contributed by atoms with Crippen LogP contribution in [0.2, 0.25) is 0 Å². The molecule has 0 bridgehead atoms. The van der Waals surface area contributed by atoms with Gasteiger partial charge in [-0.15, -0.1) is 0 Å². The molecule has 0 saturated heterocycles. The Morgan fingerprint density at radius 1 is 1.11 bits per heavy atom. The highest BCUT2D eigenvalue weighted by Gasteiger charge is 2.26. The van der Waals surface area contributed by atoms with Crippen molar-refractivity contribution in [3.63, 3.8) is 0 Å². The molecular formula is C14H20F3N. The SMILES string of the molecule is CC(C)NCCC(C)(C)c1ccc(F)c(F)c1F. The van der Waals surface area contributed by atoms with Gasteiger partial charge in [-0.1, -0.05) is 33.8 Å². The molecule has 1 N–H and O–H groups in total. The average molecular weight is 259 g/mol. The van der Waals surface area contributed by atoms with Gasteiger partial charge in [0.2, 0.25) is 0 Å². The third kappa shape index (κ3) is 3.48. The van der Waals surface area contributed by atoms with E-state index in [2.05, 4.69) is 5.32 Å². The quantitative estimate of drug-likeness (QED) is 0.794. The van der Waals surface area contributed by atoms with Crippen molar-refractivity contribution < 1.29 is 13.2 Å². The molecular weight excluding hydrogens is 239 g/mol. The molecule has 0 radical (unpaired) electrons. The molecule has 0 spiro atoms. The maximum absolute atomic E-state index is 13.7. The van der Waals surface area contributed by atoms with Crippen LogP contribution in [0, 0.1) is 17.5 Å². The summed E-state index contributed by atoms with van der Waals surface area (Å²) in [4.78, 5) is 0. The lowest BCUT2D eigenvalue weighted by molar-refractivity contribution is 0.392. The van der Waals surface area contributed by atoms with Crippen LogP contribution in [0.4, 0.5) is 13.2 Å². The van der Waals surface area contributed by atoms with Gasteiger partial charge in [0, 0.05) is 6.04 Å². The lowest BCUT2D eigenvalue weighted by Crippen LogP contribution is -2.30. The van der Waals surface area contributed by atoms with E-state index in [1.807, 2.05) is 27.7 Å². The van der Waals surface area contributed by atoms with E-state index in [0.717, 1.165) is 6.07 Å². The molecule has 0 fully saturated rings. The second-order valence-electron chi connectivity index (χ2n) is 5.47. The molecule has 1 rings (SSSR count). The smallest absolute Gasteiger partial charge is 0.194 e. The normalized spacial score (nSPS) is 12.2. The highest BCUT2D eigenvalue weighted by Crippen LogP contribution is 2.30. The highest BCUT2D eigenvalue weighted by molar-refractivity contribution is 5.27. The molecule has 0 aliphatic heterocycles. The van der Waals surface area contributed by atoms with Gasteiger partial charge in [0.25, 0.3) is 0 Å². The standard InChI is InChI=1S/C14H20F3N/c1-9(2)18-8-7-14(3,4)10-5-6-11(15)13(17)12(10)16/h5-6,9,18H,7-8H2,1-4H3. The van der Waals surface area contributed by atoms with Gasteiger partial charge in [0.15, 0.2) is 17.5 Å². The molecule has 0 aliphatic rings. The van der Waals surface area contributed by atoms with E-state index in [9.17, 15) is 13.2 Å². The molecule has 0 amide bonds. The van der Waals surface area contributed by atoms with Gasteiger partial charge in [0.05, 0.1) is 0 Å². The van der Waals surface area contributed by atoms with Gasteiger partial charge in [0.1, 0.15) is 0 Å². The Kier molecular flexibility index (Phi) is 4.79. The fourth-order valence-corrected chi connectivity index (χ4v) is 1.86. The third-order valence-electron chi connectivity index (χ3n) is 3.07. The van der Waals surface area contributed by atoms with Crippen LogP contribution in [0.5, 0.6) is 0 Å². The van der Waals surface area contributed by atoms with Crippen LogP contribution in [-0.2, 0) is 5.41 Å². The zero-order valence-electron chi connectivity index (χ0n) is 11.3. The first kappa shape index (κ1) is 15.0. The minimum Gasteiger partial charge on any atom is -0.315 e. The number of hydrogen-bond donors (Lipinski definition) is 1. The van der Waals surface area contributed by atoms with E-state index < -0.39 is 22.9 Å². The maximum atomic E-state index is 13.7. The first-order chi connectivity index (χ1) is 8.25. The summed E-state index contributed by atoms with van der Waals surface area (Å²) in [7, 11) is 0. The van der Waals surface area contributed by atoms with Gasteiger partial charge in [-0.05, 0) is 30.0 Å². The van der Waals surface area contributed by atoms with E-state index in [1.165, 1.54) is 6.07 Å². The fraction of sp³-hybridized carbons (Fsp3) is 0.571. The summed E-state index contributed by atoms with van der Waals surface area (Å²) in [6, 6.07) is 2.64. The van der Waals surface area contributed by atoms with E-state index in [4.69, 9.17) is 0 Å². The fourth-order valence-electron chi connectivity index (χ4n) is 1.86. The van der Waals surface area contributed by atoms with Crippen molar-refractivity contribution in [1.29, 1.82) is 0 Å². The van der Waals surface area contributed by atoms with Crippen molar-refractivity contribution in [1.82, 2.24) is 5.32 Å². The zero-order valence-corrected chi connectivity index (χ0v) is 11.3. The monoisotopic (exact) mass is 259 g/mol. The molecule has 0 aliphatic carbocycles. The highest BCUT2D eigenvalue weighted by atomic mass is 19.2. The second kappa shape index (κ2) is 5.74. The summed E-state index contributed by atoms with van der Waals surface area (Å²) in [5.74, 6) is -3.62. The van der Waals surface area contributed by atoms with Crippen molar-refractivity contribution in [2.75, 3.05) is 6.54 Å². The topological polar surface area (TPSA) is 12.0 Å². The van der Waals surface area contributed by atoms with E-state index >= 15 is 0 Å². The summed E-state index contributed by atoms with van der Waals surface area (Å²) in [5.41, 5.74) is -0.326. The Bertz CT molecular complexity index is 414. The Balaban J connectivity index is 2.88. The van der Waals surface area contributed by atoms with Crippen LogP contribution >= 0.6 is 0 Å². The first-order valence-electron chi connectivity index (χ1n) is 6.13. The van der Waals surface area contributed by atoms with E-state index in [-0.39, 0.29) is 5.56 Å². The molecule has 102 valence electrons. The average Bonchev–Trinajstić information content (AvgIpc) is 2.24. The van der Waals surface area contributed by atoms with Gasteiger partial charge in [-0.2, -0.15) is 0 Å². The minimum atomic E-state index is -1.39. The first-order valence-corrected chi connectivity index (χ1v) is 6.13. The molecule has 0 heterocycles. The van der Waals surface area contributed by atoms with E-state index in [0.29, 0.717) is 19.0 Å². The number of hydrogen-bond acceptors (Lipinski definition) is 1. The Morgan fingerprint density at radius 2 is 1.72 bits per heavy atom. The zero-order chi connectivity index (χ0) is 13.9. The Hall–Kier alpha value is -1.03. The predicted molar refractivity (Wildman–Crippen MR) is 67.1 cm³/mol. The molecule has 0 unspecified atom stereocenters. The molecule has 1 nitrogen and oxygen atoms in total. The summed E-state index contributed by atoms with van der Waals surface area (Å²) >= 11 is 0. The van der Waals surface area contributed by atoms with Crippen molar-refractivity contribution in [2.24, 2.45) is 0 Å². The minimum absolute atomic E-state index is 0.215. The van der Waals surface area contributed by atoms with Crippen molar-refractivity contribution >= 4 is 0 Å². The largest absolute Gasteiger partial charge is 0.315 e. The Morgan fingerprint density at radius 3 is 2.28 bits per heavy atom. The maximum Gasteiger partial charge on any atom is 0.194 e. The summed E-state index contributed by atoms with van der Waals surface area (Å²) in [6.45, 7) is 8.38. The number of halogens is 3. The molecule has 1 aromatic carbocycles. The molecule has 0 aromatic heterocycles. The lowest BCUT2D eigenvalue weighted by atomic mass is 9.81. The van der Waals surface area contributed by atoms with Gasteiger partial charge >= 0.3 is 0 Å². The molecule has 18 heavy (non-hydrogen) atoms. The van der Waals surface area contributed by atoms with Gasteiger partial charge < -0.3 is 5.32 Å². The molecule has 0 saturated carbocycles. The van der Waals surface area contributed by atoms with E-state index in [1.54, 1.807) is 0 Å². The van der Waals surface area contributed by atoms with Gasteiger partial charge in [-0.25, -0.2) is 13.2 Å². The number of nitrogens with one attached hydrogen (secondary N) is 1. The van der Waals surface area contributed by atoms with Crippen molar-refractivity contribution in [2.45, 2.75) is 45.6 Å². The molecule has 0 atom stereocenters. The second-order valence-corrected chi connectivity index (χ2v) is 5.47. The van der Waals surface area contributed by atoms with Crippen LogP contribution in [0.1, 0.15) is 39.7 Å². The number of rotatable bonds is 5. The lowest BCUT2D eigenvalue weighted by Gasteiger charge is -2.26. The molecule has 4 heteroatoms. The van der Waals surface area contributed by atoms with Crippen molar-refractivity contribution in [3.05, 3.63) is 35.1 Å². The van der Waals surface area contributed by atoms with Gasteiger partial charge in [-0.3, -0.25) is 0 Å². The Labute approximate surface area is 106 Å². The van der Waals surface area contributed by atoms with Crippen LogP contribution in [0.15, 0.2) is 12.1 Å². The molecule has 1 aromatic rings. The van der Waals surface area contributed by atoms with Crippen LogP contribution in [0.25, 0.3) is 0 Å². The van der Waals surface area contributed by atoms with Crippen LogP contribution in [0.3, 0.4) is 0 Å². The summed E-state index contributed by atoms with van der Waals surface area (Å²) in [5, 5.41) is 3.23. The number of benzene rings is 1. The third-order valence-corrected chi connectivity index (χ3v) is 3.07. The van der Waals surface area contributed by atoms with Crippen molar-refractivity contribution in [3.8, 4) is 0 Å². The summed E-state index contributed by atoms with van der Waals surface area (Å²) < 4.78 is 39.8. The summed E-state index contributed by atoms with van der Waals surface area (Å²) in [6.07, 6.45) is 0.646. The van der Waals surface area contributed by atoms with Crippen LogP contribution < -0.4 is 5.32 Å².